The molecule has 60 valence electrons. The molecule has 2 N–H and O–H groups in total. The van der Waals surface area contributed by atoms with E-state index >= 15 is 0 Å². The van der Waals surface area contributed by atoms with Crippen LogP contribution in [0.3, 0.4) is 0 Å². The van der Waals surface area contributed by atoms with Gasteiger partial charge in [-0.3, -0.25) is 0 Å². The Morgan fingerprint density at radius 1 is 1.40 bits per heavy atom. The van der Waals surface area contributed by atoms with Gasteiger partial charge in [-0.25, -0.2) is 0 Å². The van der Waals surface area contributed by atoms with Gasteiger partial charge < -0.3 is 10.2 Å². The number of hydrogen-bond donors (Lipinski definition) is 1. The van der Waals surface area contributed by atoms with Crippen molar-refractivity contribution in [2.75, 3.05) is 6.54 Å². The lowest BCUT2D eigenvalue weighted by Crippen LogP contribution is -2.21. The summed E-state index contributed by atoms with van der Waals surface area (Å²) in [5, 5.41) is 0. The van der Waals surface area contributed by atoms with Gasteiger partial charge in [-0.1, -0.05) is 0 Å². The second-order valence-corrected chi connectivity index (χ2v) is 4.24. The van der Waals surface area contributed by atoms with Crippen molar-refractivity contribution in [3.63, 3.8) is 0 Å². The van der Waals surface area contributed by atoms with Crippen LogP contribution in [0, 0.1) is 0 Å². The van der Waals surface area contributed by atoms with Crippen LogP contribution in [0.25, 0.3) is 0 Å². The van der Waals surface area contributed by atoms with Crippen molar-refractivity contribution >= 4 is 9.76 Å². The molecule has 0 saturated heterocycles. The number of nitrogens with two attached hydrogens (primary N) is 1. The second-order valence-electron chi connectivity index (χ2n) is 3.25. The normalized spacial score (nSPS) is 12.0. The van der Waals surface area contributed by atoms with Gasteiger partial charge in [-0.05, 0) is 39.8 Å². The Balaban J connectivity index is 3.04. The molecule has 10 heavy (non-hydrogen) atoms. The summed E-state index contributed by atoms with van der Waals surface area (Å²) < 4.78 is 5.50. The van der Waals surface area contributed by atoms with Crippen LogP contribution < -0.4 is 5.73 Å². The summed E-state index contributed by atoms with van der Waals surface area (Å²) >= 11 is 0. The minimum absolute atomic E-state index is 0.0209. The molecule has 0 heterocycles. The monoisotopic (exact) mass is 159 g/mol. The summed E-state index contributed by atoms with van der Waals surface area (Å²) in [5.74, 6) is 0. The number of rotatable bonds is 4. The van der Waals surface area contributed by atoms with Crippen molar-refractivity contribution in [1.29, 1.82) is 0 Å². The molecule has 0 atom stereocenters. The van der Waals surface area contributed by atoms with Crippen LogP contribution in [-0.2, 0) is 4.43 Å². The Morgan fingerprint density at radius 3 is 2.40 bits per heavy atom. The second kappa shape index (κ2) is 4.88. The van der Waals surface area contributed by atoms with E-state index in [4.69, 9.17) is 10.2 Å². The van der Waals surface area contributed by atoms with E-state index in [1.54, 1.807) is 0 Å². The average molecular weight is 159 g/mol. The summed E-state index contributed by atoms with van der Waals surface area (Å²) in [6, 6.07) is 1.10. The van der Waals surface area contributed by atoms with Crippen molar-refractivity contribution in [3.05, 3.63) is 0 Å². The van der Waals surface area contributed by atoms with E-state index in [9.17, 15) is 0 Å². The highest BCUT2D eigenvalue weighted by molar-refractivity contribution is 6.27. The maximum Gasteiger partial charge on any atom is 0.230 e. The van der Waals surface area contributed by atoms with Gasteiger partial charge in [0.25, 0.3) is 0 Å². The molecule has 2 nitrogen and oxygen atoms in total. The fourth-order valence-electron chi connectivity index (χ4n) is 0.442. The zero-order valence-corrected chi connectivity index (χ0v) is 8.11. The highest BCUT2D eigenvalue weighted by Crippen LogP contribution is 2.05. The van der Waals surface area contributed by atoms with Crippen LogP contribution in [-0.4, -0.2) is 21.9 Å². The first-order valence-corrected chi connectivity index (χ1v) is 4.79. The third-order valence-corrected chi connectivity index (χ3v) is 2.18. The molecule has 2 radical (unpaired) electrons. The molecule has 0 amide bonds. The third kappa shape index (κ3) is 8.14. The van der Waals surface area contributed by atoms with Crippen molar-refractivity contribution in [2.45, 2.75) is 38.8 Å². The molecule has 0 fully saturated rings. The Morgan fingerprint density at radius 2 is 2.00 bits per heavy atom. The van der Waals surface area contributed by atoms with Gasteiger partial charge in [0.2, 0.25) is 9.76 Å². The minimum Gasteiger partial charge on any atom is -0.413 e. The van der Waals surface area contributed by atoms with Gasteiger partial charge in [0.05, 0.1) is 0 Å². The van der Waals surface area contributed by atoms with E-state index in [2.05, 4.69) is 20.8 Å². The van der Waals surface area contributed by atoms with E-state index in [0.29, 0.717) is 9.76 Å². The van der Waals surface area contributed by atoms with Crippen LogP contribution in [0.4, 0.5) is 0 Å². The molecule has 0 unspecified atom stereocenters. The highest BCUT2D eigenvalue weighted by Gasteiger charge is 2.08. The van der Waals surface area contributed by atoms with Crippen LogP contribution in [0.15, 0.2) is 0 Å². The summed E-state index contributed by atoms with van der Waals surface area (Å²) in [7, 11) is 0.610. The average Bonchev–Trinajstić information content (AvgIpc) is 1.78. The molecule has 0 aromatic carbocycles. The van der Waals surface area contributed by atoms with Crippen molar-refractivity contribution < 1.29 is 4.43 Å². The fraction of sp³-hybridized carbons (Fsp3) is 1.00. The molecule has 0 aromatic heterocycles. The minimum atomic E-state index is 0.0209. The topological polar surface area (TPSA) is 35.2 Å². The van der Waals surface area contributed by atoms with E-state index in [0.717, 1.165) is 19.0 Å². The van der Waals surface area contributed by atoms with Gasteiger partial charge in [0.15, 0.2) is 0 Å². The van der Waals surface area contributed by atoms with Crippen molar-refractivity contribution in [3.8, 4) is 0 Å². The standard InChI is InChI=1S/C7H17NOSi/c1-7(2,3)9-10-6-4-5-8/h4-6,8H2,1-3H3. The molecular weight excluding hydrogens is 142 g/mol. The van der Waals surface area contributed by atoms with Crippen LogP contribution >= 0.6 is 0 Å². The molecule has 0 aliphatic rings. The largest absolute Gasteiger partial charge is 0.413 e. The SMILES string of the molecule is CC(C)(C)O[Si]CCCN. The highest BCUT2D eigenvalue weighted by atomic mass is 28.2. The summed E-state index contributed by atoms with van der Waals surface area (Å²) in [5.41, 5.74) is 5.35. The first-order chi connectivity index (χ1) is 4.56. The van der Waals surface area contributed by atoms with Gasteiger partial charge in [-0.2, -0.15) is 0 Å². The van der Waals surface area contributed by atoms with Crippen LogP contribution in [0.1, 0.15) is 27.2 Å². The van der Waals surface area contributed by atoms with Gasteiger partial charge >= 0.3 is 0 Å². The predicted molar refractivity (Wildman–Crippen MR) is 45.1 cm³/mol. The van der Waals surface area contributed by atoms with Crippen LogP contribution in [0.5, 0.6) is 0 Å². The Labute approximate surface area is 66.1 Å². The zero-order valence-electron chi connectivity index (χ0n) is 7.11. The van der Waals surface area contributed by atoms with Gasteiger partial charge in [0.1, 0.15) is 0 Å². The molecule has 0 aromatic rings. The lowest BCUT2D eigenvalue weighted by molar-refractivity contribution is 0.138. The van der Waals surface area contributed by atoms with E-state index in [1.165, 1.54) is 0 Å². The maximum absolute atomic E-state index is 5.50. The molecule has 0 spiro atoms. The first-order valence-electron chi connectivity index (χ1n) is 3.67. The fourth-order valence-corrected chi connectivity index (χ4v) is 1.33. The lowest BCUT2D eigenvalue weighted by atomic mass is 10.2. The molecule has 0 rings (SSSR count). The molecule has 0 saturated carbocycles. The third-order valence-electron chi connectivity index (χ3n) is 0.861. The molecule has 3 heteroatoms. The zero-order chi connectivity index (χ0) is 8.04. The van der Waals surface area contributed by atoms with E-state index in [1.807, 2.05) is 0 Å². The summed E-state index contributed by atoms with van der Waals surface area (Å²) in [4.78, 5) is 0. The summed E-state index contributed by atoms with van der Waals surface area (Å²) in [6.45, 7) is 6.99. The maximum atomic E-state index is 5.50. The molecule has 0 aliphatic heterocycles. The smallest absolute Gasteiger partial charge is 0.230 e. The number of hydrogen-bond acceptors (Lipinski definition) is 2. The Hall–Kier alpha value is 0.137. The van der Waals surface area contributed by atoms with E-state index in [-0.39, 0.29) is 5.60 Å². The van der Waals surface area contributed by atoms with E-state index < -0.39 is 0 Å². The van der Waals surface area contributed by atoms with Crippen molar-refractivity contribution in [1.82, 2.24) is 0 Å². The lowest BCUT2D eigenvalue weighted by Gasteiger charge is -2.18. The van der Waals surface area contributed by atoms with Crippen LogP contribution in [0.2, 0.25) is 6.04 Å². The van der Waals surface area contributed by atoms with Gasteiger partial charge in [-0.15, -0.1) is 0 Å². The molecule has 0 aliphatic carbocycles. The first kappa shape index (κ1) is 10.1. The predicted octanol–water partition coefficient (Wildman–Crippen LogP) is 1.19. The Bertz CT molecular complexity index is 80.2. The van der Waals surface area contributed by atoms with Gasteiger partial charge in [0, 0.05) is 5.60 Å². The molecular formula is C7H17NOSi. The molecule has 0 bridgehead atoms. The van der Waals surface area contributed by atoms with Crippen molar-refractivity contribution in [2.24, 2.45) is 5.73 Å². The summed E-state index contributed by atoms with van der Waals surface area (Å²) in [6.07, 6.45) is 1.08. The Kier molecular flexibility index (Phi) is 4.94. The quantitative estimate of drug-likeness (QED) is 0.494.